The average molecular weight is 345 g/mol. The second kappa shape index (κ2) is 8.26. The molecule has 1 aliphatic rings. The van der Waals surface area contributed by atoms with Gasteiger partial charge < -0.3 is 15.3 Å². The lowest BCUT2D eigenvalue weighted by Crippen LogP contribution is -2.46. The first-order chi connectivity index (χ1) is 11.6. The van der Waals surface area contributed by atoms with Crippen LogP contribution in [0.3, 0.4) is 0 Å². The predicted molar refractivity (Wildman–Crippen MR) is 102 cm³/mol. The van der Waals surface area contributed by atoms with Crippen molar-refractivity contribution in [2.45, 2.75) is 37.8 Å². The van der Waals surface area contributed by atoms with E-state index in [0.717, 1.165) is 43.8 Å². The number of piperidine rings is 1. The molecule has 24 heavy (non-hydrogen) atoms. The van der Waals surface area contributed by atoms with E-state index in [1.54, 1.807) is 11.3 Å². The summed E-state index contributed by atoms with van der Waals surface area (Å²) >= 11 is 1.62. The molecule has 1 fully saturated rings. The quantitative estimate of drug-likeness (QED) is 0.809. The zero-order valence-corrected chi connectivity index (χ0v) is 15.3. The van der Waals surface area contributed by atoms with Crippen LogP contribution in [-0.4, -0.2) is 42.2 Å². The van der Waals surface area contributed by atoms with E-state index in [9.17, 15) is 5.11 Å². The molecule has 0 saturated carbocycles. The number of benzene rings is 1. The lowest BCUT2D eigenvalue weighted by atomic mass is 10.0. The van der Waals surface area contributed by atoms with Gasteiger partial charge in [0.2, 0.25) is 0 Å². The molecule has 0 spiro atoms. The molecule has 1 aromatic carbocycles. The van der Waals surface area contributed by atoms with Gasteiger partial charge in [0.05, 0.1) is 0 Å². The van der Waals surface area contributed by atoms with Crippen molar-refractivity contribution in [2.24, 2.45) is 0 Å². The van der Waals surface area contributed by atoms with Crippen molar-refractivity contribution in [3.63, 3.8) is 0 Å². The third-order valence-corrected chi connectivity index (χ3v) is 6.06. The highest BCUT2D eigenvalue weighted by Gasteiger charge is 2.26. The fourth-order valence-electron chi connectivity index (χ4n) is 3.31. The number of aliphatic hydroxyl groups is 1. The molecule has 0 unspecified atom stereocenters. The van der Waals surface area contributed by atoms with E-state index in [1.165, 1.54) is 5.56 Å². The van der Waals surface area contributed by atoms with Crippen LogP contribution in [0.4, 0.5) is 0 Å². The summed E-state index contributed by atoms with van der Waals surface area (Å²) in [5, 5.41) is 16.2. The lowest BCUT2D eigenvalue weighted by Gasteiger charge is -2.34. The second-order valence-electron chi connectivity index (χ2n) is 6.98. The van der Waals surface area contributed by atoms with Gasteiger partial charge in [-0.1, -0.05) is 36.4 Å². The summed E-state index contributed by atoms with van der Waals surface area (Å²) in [6, 6.07) is 15.3. The summed E-state index contributed by atoms with van der Waals surface area (Å²) in [6.45, 7) is 5.96. The SMILES string of the molecule is C[C@@](O)(CNC1CCN(CCc2ccccc2)CC1)c1cccs1. The Morgan fingerprint density at radius 3 is 2.58 bits per heavy atom. The molecule has 3 nitrogen and oxygen atoms in total. The number of nitrogens with one attached hydrogen (secondary N) is 1. The number of rotatable bonds is 7. The van der Waals surface area contributed by atoms with Crippen molar-refractivity contribution in [3.05, 3.63) is 58.3 Å². The molecule has 1 aromatic heterocycles. The standard InChI is InChI=1S/C20H28N2OS/c1-20(23,19-8-5-15-24-19)16-21-18-10-13-22(14-11-18)12-9-17-6-3-2-4-7-17/h2-8,15,18,21,23H,9-14,16H2,1H3/t20-/m1/s1. The van der Waals surface area contributed by atoms with E-state index >= 15 is 0 Å². The van der Waals surface area contributed by atoms with Crippen LogP contribution in [-0.2, 0) is 12.0 Å². The Balaban J connectivity index is 1.38. The van der Waals surface area contributed by atoms with E-state index in [-0.39, 0.29) is 0 Å². The zero-order chi connectivity index (χ0) is 16.8. The molecule has 0 aliphatic carbocycles. The number of nitrogens with zero attached hydrogens (tertiary/aromatic N) is 1. The topological polar surface area (TPSA) is 35.5 Å². The van der Waals surface area contributed by atoms with E-state index in [2.05, 4.69) is 40.5 Å². The van der Waals surface area contributed by atoms with Crippen LogP contribution in [0.2, 0.25) is 0 Å². The number of thiophene rings is 1. The Labute approximate surface area is 149 Å². The molecule has 1 atom stereocenters. The Kier molecular flexibility index (Phi) is 6.06. The van der Waals surface area contributed by atoms with Crippen molar-refractivity contribution in [1.29, 1.82) is 0 Å². The van der Waals surface area contributed by atoms with Crippen LogP contribution in [0.15, 0.2) is 47.8 Å². The van der Waals surface area contributed by atoms with Crippen molar-refractivity contribution in [1.82, 2.24) is 10.2 Å². The van der Waals surface area contributed by atoms with Gasteiger partial charge in [-0.2, -0.15) is 0 Å². The van der Waals surface area contributed by atoms with Crippen LogP contribution in [0.25, 0.3) is 0 Å². The first-order valence-corrected chi connectivity index (χ1v) is 9.77. The minimum absolute atomic E-state index is 0.518. The summed E-state index contributed by atoms with van der Waals surface area (Å²) in [6.07, 6.45) is 3.46. The molecule has 0 bridgehead atoms. The fraction of sp³-hybridized carbons (Fsp3) is 0.500. The highest BCUT2D eigenvalue weighted by Crippen LogP contribution is 2.25. The minimum Gasteiger partial charge on any atom is -0.383 e. The average Bonchev–Trinajstić information content (AvgIpc) is 3.16. The van der Waals surface area contributed by atoms with Gasteiger partial charge in [0, 0.05) is 24.0 Å². The molecule has 1 aliphatic heterocycles. The molecule has 130 valence electrons. The minimum atomic E-state index is -0.765. The molecule has 2 aromatic rings. The first-order valence-electron chi connectivity index (χ1n) is 8.89. The smallest absolute Gasteiger partial charge is 0.108 e. The van der Waals surface area contributed by atoms with Gasteiger partial charge in [-0.3, -0.25) is 0 Å². The Morgan fingerprint density at radius 1 is 1.17 bits per heavy atom. The first kappa shape index (κ1) is 17.6. The van der Waals surface area contributed by atoms with Crippen molar-refractivity contribution in [3.8, 4) is 0 Å². The largest absolute Gasteiger partial charge is 0.383 e. The van der Waals surface area contributed by atoms with Gasteiger partial charge >= 0.3 is 0 Å². The number of likely N-dealkylation sites (tertiary alicyclic amines) is 1. The molecule has 2 heterocycles. The Hall–Kier alpha value is -1.20. The molecule has 4 heteroatoms. The maximum absolute atomic E-state index is 10.6. The number of hydrogen-bond acceptors (Lipinski definition) is 4. The summed E-state index contributed by atoms with van der Waals surface area (Å²) in [7, 11) is 0. The highest BCUT2D eigenvalue weighted by molar-refractivity contribution is 7.10. The highest BCUT2D eigenvalue weighted by atomic mass is 32.1. The van der Waals surface area contributed by atoms with Crippen molar-refractivity contribution < 1.29 is 5.11 Å². The second-order valence-corrected chi connectivity index (χ2v) is 7.93. The van der Waals surface area contributed by atoms with E-state index in [0.29, 0.717) is 12.6 Å². The third-order valence-electron chi connectivity index (χ3n) is 4.93. The fourth-order valence-corrected chi connectivity index (χ4v) is 4.09. The van der Waals surface area contributed by atoms with Gasteiger partial charge in [0.1, 0.15) is 5.60 Å². The van der Waals surface area contributed by atoms with Crippen LogP contribution in [0.5, 0.6) is 0 Å². The van der Waals surface area contributed by atoms with Crippen LogP contribution < -0.4 is 5.32 Å². The van der Waals surface area contributed by atoms with Crippen LogP contribution in [0, 0.1) is 0 Å². The normalized spacial score (nSPS) is 19.2. The molecule has 0 radical (unpaired) electrons. The predicted octanol–water partition coefficient (Wildman–Crippen LogP) is 3.25. The van der Waals surface area contributed by atoms with Gasteiger partial charge in [0.25, 0.3) is 0 Å². The molecular weight excluding hydrogens is 316 g/mol. The molecule has 1 saturated heterocycles. The van der Waals surface area contributed by atoms with E-state index < -0.39 is 5.60 Å². The Morgan fingerprint density at radius 2 is 1.92 bits per heavy atom. The maximum atomic E-state index is 10.6. The van der Waals surface area contributed by atoms with Crippen molar-refractivity contribution >= 4 is 11.3 Å². The van der Waals surface area contributed by atoms with Crippen molar-refractivity contribution in [2.75, 3.05) is 26.2 Å². The van der Waals surface area contributed by atoms with Gasteiger partial charge in [-0.05, 0) is 56.3 Å². The summed E-state index contributed by atoms with van der Waals surface area (Å²) in [4.78, 5) is 3.60. The van der Waals surface area contributed by atoms with Crippen LogP contribution >= 0.6 is 11.3 Å². The lowest BCUT2D eigenvalue weighted by molar-refractivity contribution is 0.0537. The zero-order valence-electron chi connectivity index (χ0n) is 14.4. The van der Waals surface area contributed by atoms with Crippen LogP contribution in [0.1, 0.15) is 30.2 Å². The van der Waals surface area contributed by atoms with E-state index in [1.807, 2.05) is 24.4 Å². The number of hydrogen-bond donors (Lipinski definition) is 2. The van der Waals surface area contributed by atoms with Gasteiger partial charge in [-0.25, -0.2) is 0 Å². The molecule has 2 N–H and O–H groups in total. The van der Waals surface area contributed by atoms with Gasteiger partial charge in [-0.15, -0.1) is 11.3 Å². The summed E-state index contributed by atoms with van der Waals surface area (Å²) < 4.78 is 0. The van der Waals surface area contributed by atoms with Gasteiger partial charge in [0.15, 0.2) is 0 Å². The van der Waals surface area contributed by atoms with E-state index in [4.69, 9.17) is 0 Å². The third kappa shape index (κ3) is 4.90. The molecular formula is C20H28N2OS. The Bertz CT molecular complexity index is 589. The molecule has 3 rings (SSSR count). The maximum Gasteiger partial charge on any atom is 0.108 e. The molecule has 0 amide bonds. The monoisotopic (exact) mass is 344 g/mol. The summed E-state index contributed by atoms with van der Waals surface area (Å²) in [5.74, 6) is 0. The summed E-state index contributed by atoms with van der Waals surface area (Å²) in [5.41, 5.74) is 0.656.